The molecule has 2 aromatic carbocycles. The Labute approximate surface area is 144 Å². The van der Waals surface area contributed by atoms with Crippen LogP contribution in [-0.4, -0.2) is 12.1 Å². The van der Waals surface area contributed by atoms with Gasteiger partial charge in [-0.15, -0.1) is 13.2 Å². The summed E-state index contributed by atoms with van der Waals surface area (Å²) in [6.45, 7) is 2.05. The van der Waals surface area contributed by atoms with Crippen LogP contribution in [0.5, 0.6) is 5.75 Å². The fraction of sp³-hybridized carbons (Fsp3) is 0.150. The second-order valence-corrected chi connectivity index (χ2v) is 5.29. The third-order valence-corrected chi connectivity index (χ3v) is 3.33. The van der Waals surface area contributed by atoms with Gasteiger partial charge in [-0.3, -0.25) is 4.79 Å². The van der Waals surface area contributed by atoms with E-state index in [0.29, 0.717) is 5.56 Å². The van der Waals surface area contributed by atoms with Crippen molar-refractivity contribution in [2.24, 2.45) is 0 Å². The summed E-state index contributed by atoms with van der Waals surface area (Å²) in [6.07, 6.45) is 2.03. The minimum atomic E-state index is -4.74. The van der Waals surface area contributed by atoms with Crippen LogP contribution >= 0.6 is 0 Å². The predicted octanol–water partition coefficient (Wildman–Crippen LogP) is 5.44. The second-order valence-electron chi connectivity index (χ2n) is 5.29. The Balaban J connectivity index is 2.02. The van der Waals surface area contributed by atoms with E-state index in [9.17, 15) is 18.0 Å². The summed E-state index contributed by atoms with van der Waals surface area (Å²) in [5, 5.41) is 0. The van der Waals surface area contributed by atoms with Crippen molar-refractivity contribution in [3.8, 4) is 5.75 Å². The van der Waals surface area contributed by atoms with Crippen LogP contribution in [0.25, 0.3) is 12.2 Å². The monoisotopic (exact) mass is 346 g/mol. The van der Waals surface area contributed by atoms with Crippen molar-refractivity contribution in [2.45, 2.75) is 19.7 Å². The highest BCUT2D eigenvalue weighted by atomic mass is 19.4. The number of aryl methyl sites for hydroxylation is 1. The summed E-state index contributed by atoms with van der Waals surface area (Å²) in [4.78, 5) is 11.9. The number of halogens is 3. The molecule has 0 saturated carbocycles. The van der Waals surface area contributed by atoms with E-state index in [0.717, 1.165) is 12.0 Å². The molecule has 0 unspecified atom stereocenters. The third kappa shape index (κ3) is 6.67. The molecule has 2 aromatic rings. The van der Waals surface area contributed by atoms with Crippen LogP contribution in [0, 0.1) is 0 Å². The van der Waals surface area contributed by atoms with Gasteiger partial charge in [-0.2, -0.15) is 0 Å². The first-order valence-electron chi connectivity index (χ1n) is 7.70. The van der Waals surface area contributed by atoms with E-state index < -0.39 is 6.36 Å². The molecule has 0 radical (unpaired) electrons. The minimum absolute atomic E-state index is 0.260. The van der Waals surface area contributed by atoms with Crippen LogP contribution in [0.15, 0.2) is 60.7 Å². The smallest absolute Gasteiger partial charge is 0.406 e. The average Bonchev–Trinajstić information content (AvgIpc) is 2.57. The molecule has 2 rings (SSSR count). The number of hydrogen-bond acceptors (Lipinski definition) is 2. The lowest BCUT2D eigenvalue weighted by Crippen LogP contribution is -2.17. The SMILES string of the molecule is CCc1cccc(C=CC(=O)C=Cc2cccc(OC(F)(F)F)c2)c1. The Kier molecular flexibility index (Phi) is 6.17. The maximum atomic E-state index is 12.2. The molecule has 0 bridgehead atoms. The molecule has 0 aliphatic rings. The van der Waals surface area contributed by atoms with Crippen molar-refractivity contribution >= 4 is 17.9 Å². The molecular weight excluding hydrogens is 329 g/mol. The summed E-state index contributed by atoms with van der Waals surface area (Å²) in [6, 6.07) is 13.2. The molecule has 0 atom stereocenters. The standard InChI is InChI=1S/C20H17F3O2/c1-2-15-5-3-6-16(13-15)9-11-18(24)12-10-17-7-4-8-19(14-17)25-20(21,22)23/h3-14H,2H2,1H3. The Hall–Kier alpha value is -2.82. The van der Waals surface area contributed by atoms with Crippen molar-refractivity contribution in [1.82, 2.24) is 0 Å². The van der Waals surface area contributed by atoms with E-state index in [4.69, 9.17) is 0 Å². The van der Waals surface area contributed by atoms with Crippen molar-refractivity contribution in [3.63, 3.8) is 0 Å². The summed E-state index contributed by atoms with van der Waals surface area (Å²) >= 11 is 0. The molecule has 0 spiro atoms. The van der Waals surface area contributed by atoms with E-state index in [1.807, 2.05) is 31.2 Å². The highest BCUT2D eigenvalue weighted by Crippen LogP contribution is 2.23. The number of ketones is 1. The zero-order chi connectivity index (χ0) is 18.3. The molecule has 25 heavy (non-hydrogen) atoms. The molecule has 130 valence electrons. The second kappa shape index (κ2) is 8.33. The highest BCUT2D eigenvalue weighted by Gasteiger charge is 2.30. The first-order chi connectivity index (χ1) is 11.9. The number of rotatable bonds is 6. The lowest BCUT2D eigenvalue weighted by Gasteiger charge is -2.08. The van der Waals surface area contributed by atoms with Crippen LogP contribution in [0.3, 0.4) is 0 Å². The van der Waals surface area contributed by atoms with Crippen molar-refractivity contribution < 1.29 is 22.7 Å². The molecule has 0 amide bonds. The van der Waals surface area contributed by atoms with E-state index in [2.05, 4.69) is 4.74 Å². The van der Waals surface area contributed by atoms with Gasteiger partial charge in [0.2, 0.25) is 0 Å². The molecule has 0 aliphatic carbocycles. The number of ether oxygens (including phenoxy) is 1. The lowest BCUT2D eigenvalue weighted by atomic mass is 10.1. The fourth-order valence-corrected chi connectivity index (χ4v) is 2.14. The molecule has 5 heteroatoms. The van der Waals surface area contributed by atoms with E-state index in [1.165, 1.54) is 42.0 Å². The van der Waals surface area contributed by atoms with Crippen molar-refractivity contribution in [1.29, 1.82) is 0 Å². The van der Waals surface area contributed by atoms with Gasteiger partial charge < -0.3 is 4.74 Å². The molecule has 0 heterocycles. The fourth-order valence-electron chi connectivity index (χ4n) is 2.14. The Morgan fingerprint density at radius 3 is 2.20 bits per heavy atom. The Morgan fingerprint density at radius 2 is 1.60 bits per heavy atom. The van der Waals surface area contributed by atoms with Gasteiger partial charge >= 0.3 is 6.36 Å². The van der Waals surface area contributed by atoms with E-state index in [-0.39, 0.29) is 11.5 Å². The average molecular weight is 346 g/mol. The maximum Gasteiger partial charge on any atom is 0.573 e. The normalized spacial score (nSPS) is 12.0. The number of carbonyl (C=O) groups excluding carboxylic acids is 1. The zero-order valence-electron chi connectivity index (χ0n) is 13.6. The predicted molar refractivity (Wildman–Crippen MR) is 92.0 cm³/mol. The highest BCUT2D eigenvalue weighted by molar-refractivity contribution is 6.04. The van der Waals surface area contributed by atoms with Gasteiger partial charge in [0.1, 0.15) is 5.75 Å². The number of allylic oxidation sites excluding steroid dienone is 2. The molecule has 2 nitrogen and oxygen atoms in total. The number of benzene rings is 2. The van der Waals surface area contributed by atoms with Crippen molar-refractivity contribution in [3.05, 3.63) is 77.4 Å². The van der Waals surface area contributed by atoms with Crippen LogP contribution in [-0.2, 0) is 11.2 Å². The molecule has 0 aliphatic heterocycles. The molecule has 0 aromatic heterocycles. The summed E-state index contributed by atoms with van der Waals surface area (Å²) in [5.41, 5.74) is 2.53. The van der Waals surface area contributed by atoms with Gasteiger partial charge in [0, 0.05) is 0 Å². The van der Waals surface area contributed by atoms with Crippen LogP contribution in [0.2, 0.25) is 0 Å². The third-order valence-electron chi connectivity index (χ3n) is 3.33. The molecule has 0 N–H and O–H groups in total. The van der Waals surface area contributed by atoms with Crippen LogP contribution in [0.1, 0.15) is 23.6 Å². The number of carbonyl (C=O) groups is 1. The van der Waals surface area contributed by atoms with E-state index >= 15 is 0 Å². The van der Waals surface area contributed by atoms with Crippen LogP contribution in [0.4, 0.5) is 13.2 Å². The minimum Gasteiger partial charge on any atom is -0.406 e. The maximum absolute atomic E-state index is 12.2. The summed E-state index contributed by atoms with van der Waals surface area (Å²) in [7, 11) is 0. The Morgan fingerprint density at radius 1 is 1.00 bits per heavy atom. The first-order valence-corrected chi connectivity index (χ1v) is 7.70. The summed E-state index contributed by atoms with van der Waals surface area (Å²) in [5.74, 6) is -0.585. The van der Waals surface area contributed by atoms with Gasteiger partial charge in [0.25, 0.3) is 0 Å². The topological polar surface area (TPSA) is 26.3 Å². The molecule has 0 fully saturated rings. The van der Waals surface area contributed by atoms with Gasteiger partial charge in [0.05, 0.1) is 0 Å². The number of alkyl halides is 3. The van der Waals surface area contributed by atoms with Gasteiger partial charge in [-0.25, -0.2) is 0 Å². The quantitative estimate of drug-likeness (QED) is 0.651. The first kappa shape index (κ1) is 18.5. The van der Waals surface area contributed by atoms with Gasteiger partial charge in [-0.05, 0) is 47.4 Å². The lowest BCUT2D eigenvalue weighted by molar-refractivity contribution is -0.274. The largest absolute Gasteiger partial charge is 0.573 e. The molecular formula is C20H17F3O2. The Bertz CT molecular complexity index is 790. The van der Waals surface area contributed by atoms with Crippen molar-refractivity contribution in [2.75, 3.05) is 0 Å². The zero-order valence-corrected chi connectivity index (χ0v) is 13.6. The van der Waals surface area contributed by atoms with Gasteiger partial charge in [0.15, 0.2) is 5.78 Å². The van der Waals surface area contributed by atoms with Gasteiger partial charge in [-0.1, -0.05) is 55.5 Å². The molecule has 0 saturated heterocycles. The summed E-state index contributed by atoms with van der Waals surface area (Å²) < 4.78 is 40.4. The van der Waals surface area contributed by atoms with E-state index in [1.54, 1.807) is 12.1 Å². The van der Waals surface area contributed by atoms with Crippen LogP contribution < -0.4 is 4.74 Å². The number of hydrogen-bond donors (Lipinski definition) is 0.